The van der Waals surface area contributed by atoms with Gasteiger partial charge in [0.1, 0.15) is 12.4 Å². The largest absolute Gasteiger partial charge is 0.486 e. The fraction of sp³-hybridized carbons (Fsp3) is 0.0769. The van der Waals surface area contributed by atoms with Crippen molar-refractivity contribution in [1.29, 1.82) is 0 Å². The molecule has 19 heavy (non-hydrogen) atoms. The van der Waals surface area contributed by atoms with Crippen LogP contribution in [0.2, 0.25) is 0 Å². The molecule has 0 aromatic heterocycles. The second-order valence-electron chi connectivity index (χ2n) is 3.75. The first kappa shape index (κ1) is 12.9. The van der Waals surface area contributed by atoms with Gasteiger partial charge in [0.15, 0.2) is 11.6 Å². The standard InChI is InChI=1S/C13H9F2NO3/c14-10-5-6-13(11(15)7-10)19-8-9-3-1-2-4-12(9)16(17)18/h1-7H,8H2. The Morgan fingerprint density at radius 2 is 1.89 bits per heavy atom. The van der Waals surface area contributed by atoms with E-state index in [1.807, 2.05) is 0 Å². The van der Waals surface area contributed by atoms with E-state index in [9.17, 15) is 18.9 Å². The van der Waals surface area contributed by atoms with Gasteiger partial charge in [0, 0.05) is 12.1 Å². The molecule has 0 bridgehead atoms. The summed E-state index contributed by atoms with van der Waals surface area (Å²) in [6, 6.07) is 8.87. The highest BCUT2D eigenvalue weighted by atomic mass is 19.1. The fourth-order valence-corrected chi connectivity index (χ4v) is 1.56. The number of para-hydroxylation sites is 1. The van der Waals surface area contributed by atoms with E-state index in [1.165, 1.54) is 18.2 Å². The lowest BCUT2D eigenvalue weighted by Crippen LogP contribution is -2.01. The second-order valence-corrected chi connectivity index (χ2v) is 3.75. The number of benzene rings is 2. The summed E-state index contributed by atoms with van der Waals surface area (Å²) in [5, 5.41) is 10.8. The maximum Gasteiger partial charge on any atom is 0.276 e. The maximum atomic E-state index is 13.3. The zero-order valence-corrected chi connectivity index (χ0v) is 9.68. The normalized spacial score (nSPS) is 10.2. The Hall–Kier alpha value is -2.50. The summed E-state index contributed by atoms with van der Waals surface area (Å²) in [5.74, 6) is -1.71. The van der Waals surface area contributed by atoms with E-state index in [2.05, 4.69) is 0 Å². The molecule has 6 heteroatoms. The van der Waals surface area contributed by atoms with Gasteiger partial charge < -0.3 is 4.74 Å². The van der Waals surface area contributed by atoms with E-state index in [0.29, 0.717) is 11.6 Å². The van der Waals surface area contributed by atoms with Crippen molar-refractivity contribution < 1.29 is 18.4 Å². The molecule has 0 N–H and O–H groups in total. The van der Waals surface area contributed by atoms with Crippen molar-refractivity contribution in [1.82, 2.24) is 0 Å². The van der Waals surface area contributed by atoms with Gasteiger partial charge in [-0.1, -0.05) is 12.1 Å². The van der Waals surface area contributed by atoms with Crippen LogP contribution < -0.4 is 4.74 Å². The number of hydrogen-bond donors (Lipinski definition) is 0. The van der Waals surface area contributed by atoms with Crippen LogP contribution in [0.15, 0.2) is 42.5 Å². The van der Waals surface area contributed by atoms with Crippen molar-refractivity contribution in [2.75, 3.05) is 0 Å². The zero-order valence-electron chi connectivity index (χ0n) is 9.68. The topological polar surface area (TPSA) is 52.4 Å². The Labute approximate surface area is 107 Å². The average molecular weight is 265 g/mol. The lowest BCUT2D eigenvalue weighted by atomic mass is 10.2. The minimum atomic E-state index is -0.849. The van der Waals surface area contributed by atoms with Gasteiger partial charge in [0.25, 0.3) is 5.69 Å². The van der Waals surface area contributed by atoms with Gasteiger partial charge in [-0.05, 0) is 18.2 Å². The molecule has 0 heterocycles. The summed E-state index contributed by atoms with van der Waals surface area (Å²) in [6.45, 7) is -0.167. The van der Waals surface area contributed by atoms with E-state index in [4.69, 9.17) is 4.74 Å². The van der Waals surface area contributed by atoms with Crippen LogP contribution in [0.5, 0.6) is 5.75 Å². The summed E-state index contributed by atoms with van der Waals surface area (Å²) < 4.78 is 31.1. The van der Waals surface area contributed by atoms with Gasteiger partial charge in [0.05, 0.1) is 10.5 Å². The minimum Gasteiger partial charge on any atom is -0.486 e. The maximum absolute atomic E-state index is 13.3. The average Bonchev–Trinajstić information content (AvgIpc) is 2.38. The molecule has 0 spiro atoms. The molecule has 2 aromatic rings. The van der Waals surface area contributed by atoms with Crippen LogP contribution in [-0.4, -0.2) is 4.92 Å². The summed E-state index contributed by atoms with van der Waals surface area (Å²) in [7, 11) is 0. The van der Waals surface area contributed by atoms with Crippen LogP contribution in [0, 0.1) is 21.7 Å². The number of nitro benzene ring substituents is 1. The van der Waals surface area contributed by atoms with Crippen LogP contribution >= 0.6 is 0 Å². The molecule has 2 aromatic carbocycles. The highest BCUT2D eigenvalue weighted by Crippen LogP contribution is 2.22. The van der Waals surface area contributed by atoms with Crippen molar-refractivity contribution in [3.05, 3.63) is 69.8 Å². The van der Waals surface area contributed by atoms with Crippen LogP contribution in [0.1, 0.15) is 5.56 Å². The summed E-state index contributed by atoms with van der Waals surface area (Å²) in [4.78, 5) is 10.2. The molecule has 0 amide bonds. The van der Waals surface area contributed by atoms with E-state index >= 15 is 0 Å². The molecule has 0 radical (unpaired) electrons. The number of halogens is 2. The number of hydrogen-bond acceptors (Lipinski definition) is 3. The molecule has 98 valence electrons. The fourth-order valence-electron chi connectivity index (χ4n) is 1.56. The molecule has 0 unspecified atom stereocenters. The van der Waals surface area contributed by atoms with Gasteiger partial charge in [-0.2, -0.15) is 0 Å². The van der Waals surface area contributed by atoms with Crippen molar-refractivity contribution in [2.24, 2.45) is 0 Å². The monoisotopic (exact) mass is 265 g/mol. The van der Waals surface area contributed by atoms with Crippen LogP contribution in [-0.2, 0) is 6.61 Å². The third-order valence-electron chi connectivity index (χ3n) is 2.47. The van der Waals surface area contributed by atoms with Crippen LogP contribution in [0.25, 0.3) is 0 Å². The minimum absolute atomic E-state index is 0.106. The second kappa shape index (κ2) is 5.43. The van der Waals surface area contributed by atoms with Crippen molar-refractivity contribution in [2.45, 2.75) is 6.61 Å². The summed E-state index contributed by atoms with van der Waals surface area (Å²) >= 11 is 0. The molecule has 0 aliphatic rings. The van der Waals surface area contributed by atoms with E-state index in [-0.39, 0.29) is 18.0 Å². The predicted octanol–water partition coefficient (Wildman–Crippen LogP) is 3.45. The lowest BCUT2D eigenvalue weighted by Gasteiger charge is -2.07. The van der Waals surface area contributed by atoms with E-state index in [0.717, 1.165) is 12.1 Å². The molecular formula is C13H9F2NO3. The van der Waals surface area contributed by atoms with Gasteiger partial charge in [-0.3, -0.25) is 10.1 Å². The van der Waals surface area contributed by atoms with Gasteiger partial charge in [-0.25, -0.2) is 8.78 Å². The van der Waals surface area contributed by atoms with E-state index < -0.39 is 16.6 Å². The first-order chi connectivity index (χ1) is 9.08. The number of ether oxygens (including phenoxy) is 1. The number of rotatable bonds is 4. The van der Waals surface area contributed by atoms with Gasteiger partial charge in [0.2, 0.25) is 0 Å². The Morgan fingerprint density at radius 1 is 1.16 bits per heavy atom. The third kappa shape index (κ3) is 3.04. The molecule has 2 rings (SSSR count). The predicted molar refractivity (Wildman–Crippen MR) is 63.8 cm³/mol. The van der Waals surface area contributed by atoms with E-state index in [1.54, 1.807) is 6.07 Å². The van der Waals surface area contributed by atoms with Crippen molar-refractivity contribution >= 4 is 5.69 Å². The first-order valence-electron chi connectivity index (χ1n) is 5.38. The first-order valence-corrected chi connectivity index (χ1v) is 5.38. The molecule has 0 saturated heterocycles. The van der Waals surface area contributed by atoms with Gasteiger partial charge in [-0.15, -0.1) is 0 Å². The van der Waals surface area contributed by atoms with Gasteiger partial charge >= 0.3 is 0 Å². The summed E-state index contributed by atoms with van der Waals surface area (Å²) in [5.41, 5.74) is 0.209. The Balaban J connectivity index is 2.17. The Bertz CT molecular complexity index is 617. The smallest absolute Gasteiger partial charge is 0.276 e. The Morgan fingerprint density at radius 3 is 2.58 bits per heavy atom. The Kier molecular flexibility index (Phi) is 3.70. The molecule has 0 fully saturated rings. The molecule has 0 atom stereocenters. The zero-order chi connectivity index (χ0) is 13.8. The van der Waals surface area contributed by atoms with Crippen molar-refractivity contribution in [3.63, 3.8) is 0 Å². The molecular weight excluding hydrogens is 256 g/mol. The summed E-state index contributed by atoms with van der Waals surface area (Å²) in [6.07, 6.45) is 0. The SMILES string of the molecule is O=[N+]([O-])c1ccccc1COc1ccc(F)cc1F. The molecule has 4 nitrogen and oxygen atoms in total. The number of nitro groups is 1. The molecule has 0 aliphatic carbocycles. The third-order valence-corrected chi connectivity index (χ3v) is 2.47. The van der Waals surface area contributed by atoms with Crippen LogP contribution in [0.3, 0.4) is 0 Å². The van der Waals surface area contributed by atoms with Crippen molar-refractivity contribution in [3.8, 4) is 5.75 Å². The molecule has 0 aliphatic heterocycles. The lowest BCUT2D eigenvalue weighted by molar-refractivity contribution is -0.385. The highest BCUT2D eigenvalue weighted by Gasteiger charge is 2.13. The van der Waals surface area contributed by atoms with Crippen LogP contribution in [0.4, 0.5) is 14.5 Å². The molecule has 0 saturated carbocycles. The highest BCUT2D eigenvalue weighted by molar-refractivity contribution is 5.39. The number of nitrogens with zero attached hydrogens (tertiary/aromatic N) is 1. The quantitative estimate of drug-likeness (QED) is 0.628.